The summed E-state index contributed by atoms with van der Waals surface area (Å²) in [4.78, 5) is 26.4. The minimum atomic E-state index is -0.137. The molecular weight excluding hydrogens is 306 g/mol. The van der Waals surface area contributed by atoms with Crippen molar-refractivity contribution in [2.24, 2.45) is 5.92 Å². The maximum absolute atomic E-state index is 12.6. The number of amides is 2. The van der Waals surface area contributed by atoms with Crippen molar-refractivity contribution in [2.45, 2.75) is 19.8 Å². The van der Waals surface area contributed by atoms with Gasteiger partial charge in [-0.25, -0.2) is 0 Å². The standard InChI is InChI=1S/C18H27N3O3/c1-14-6-9-21(10-7-14)18(23)15-4-3-5-16(12-15)20-17(22)13-19-8-11-24-2/h3-5,12,14,19H,6-11,13H2,1-2H3,(H,20,22). The molecule has 0 bridgehead atoms. The molecule has 1 fully saturated rings. The normalized spacial score (nSPS) is 15.3. The number of piperidine rings is 1. The summed E-state index contributed by atoms with van der Waals surface area (Å²) >= 11 is 0. The fraction of sp³-hybridized carbons (Fsp3) is 0.556. The van der Waals surface area contributed by atoms with Gasteiger partial charge >= 0.3 is 0 Å². The number of nitrogens with zero attached hydrogens (tertiary/aromatic N) is 1. The Balaban J connectivity index is 1.88. The molecule has 1 aliphatic heterocycles. The molecule has 2 N–H and O–H groups in total. The molecule has 0 spiro atoms. The molecule has 24 heavy (non-hydrogen) atoms. The lowest BCUT2D eigenvalue weighted by Crippen LogP contribution is -2.37. The van der Waals surface area contributed by atoms with Gasteiger partial charge in [0.2, 0.25) is 5.91 Å². The van der Waals surface area contributed by atoms with Gasteiger partial charge < -0.3 is 20.3 Å². The number of likely N-dealkylation sites (tertiary alicyclic amines) is 1. The molecule has 1 saturated heterocycles. The second kappa shape index (κ2) is 9.39. The minimum absolute atomic E-state index is 0.0382. The third-order valence-electron chi connectivity index (χ3n) is 4.23. The molecule has 0 unspecified atom stereocenters. The lowest BCUT2D eigenvalue weighted by Gasteiger charge is -2.30. The number of anilines is 1. The third kappa shape index (κ3) is 5.62. The zero-order chi connectivity index (χ0) is 17.4. The molecule has 0 radical (unpaired) electrons. The maximum Gasteiger partial charge on any atom is 0.253 e. The van der Waals surface area contributed by atoms with E-state index in [1.54, 1.807) is 31.4 Å². The number of hydrogen-bond acceptors (Lipinski definition) is 4. The van der Waals surface area contributed by atoms with E-state index in [-0.39, 0.29) is 18.4 Å². The average Bonchev–Trinajstić information content (AvgIpc) is 2.59. The fourth-order valence-corrected chi connectivity index (χ4v) is 2.71. The lowest BCUT2D eigenvalue weighted by atomic mass is 9.98. The molecule has 2 amide bonds. The molecule has 1 aromatic carbocycles. The van der Waals surface area contributed by atoms with Crippen LogP contribution in [0, 0.1) is 5.92 Å². The Morgan fingerprint density at radius 1 is 1.29 bits per heavy atom. The molecule has 0 aromatic heterocycles. The number of carbonyl (C=O) groups excluding carboxylic acids is 2. The Morgan fingerprint density at radius 3 is 2.75 bits per heavy atom. The van der Waals surface area contributed by atoms with Crippen molar-refractivity contribution >= 4 is 17.5 Å². The van der Waals surface area contributed by atoms with Crippen LogP contribution in [0.3, 0.4) is 0 Å². The Kier molecular flexibility index (Phi) is 7.21. The predicted octanol–water partition coefficient (Wildman–Crippen LogP) is 1.73. The van der Waals surface area contributed by atoms with Crippen LogP contribution in [0.2, 0.25) is 0 Å². The van der Waals surface area contributed by atoms with Gasteiger partial charge in [-0.3, -0.25) is 9.59 Å². The van der Waals surface area contributed by atoms with Gasteiger partial charge in [-0.2, -0.15) is 0 Å². The number of nitrogens with one attached hydrogen (secondary N) is 2. The van der Waals surface area contributed by atoms with E-state index >= 15 is 0 Å². The fourth-order valence-electron chi connectivity index (χ4n) is 2.71. The van der Waals surface area contributed by atoms with Crippen LogP contribution in [0.1, 0.15) is 30.1 Å². The van der Waals surface area contributed by atoms with E-state index in [0.717, 1.165) is 25.9 Å². The quantitative estimate of drug-likeness (QED) is 0.746. The summed E-state index contributed by atoms with van der Waals surface area (Å²) in [7, 11) is 1.62. The minimum Gasteiger partial charge on any atom is -0.383 e. The van der Waals surface area contributed by atoms with Gasteiger partial charge in [0.05, 0.1) is 13.2 Å². The first-order valence-corrected chi connectivity index (χ1v) is 8.49. The smallest absolute Gasteiger partial charge is 0.253 e. The molecule has 6 heteroatoms. The highest BCUT2D eigenvalue weighted by atomic mass is 16.5. The second-order valence-corrected chi connectivity index (χ2v) is 6.27. The number of methoxy groups -OCH3 is 1. The first kappa shape index (κ1) is 18.4. The highest BCUT2D eigenvalue weighted by Crippen LogP contribution is 2.19. The molecule has 132 valence electrons. The Morgan fingerprint density at radius 2 is 2.04 bits per heavy atom. The largest absolute Gasteiger partial charge is 0.383 e. The van der Waals surface area contributed by atoms with E-state index in [4.69, 9.17) is 4.74 Å². The maximum atomic E-state index is 12.6. The summed E-state index contributed by atoms with van der Waals surface area (Å²) in [6, 6.07) is 7.14. The lowest BCUT2D eigenvalue weighted by molar-refractivity contribution is -0.115. The summed E-state index contributed by atoms with van der Waals surface area (Å²) in [5.41, 5.74) is 1.26. The van der Waals surface area contributed by atoms with Crippen molar-refractivity contribution in [1.29, 1.82) is 0 Å². The van der Waals surface area contributed by atoms with Gasteiger partial charge in [0.25, 0.3) is 5.91 Å². The van der Waals surface area contributed by atoms with E-state index in [1.807, 2.05) is 4.90 Å². The molecule has 2 rings (SSSR count). The monoisotopic (exact) mass is 333 g/mol. The van der Waals surface area contributed by atoms with Crippen molar-refractivity contribution < 1.29 is 14.3 Å². The van der Waals surface area contributed by atoms with E-state index in [1.165, 1.54) is 0 Å². The average molecular weight is 333 g/mol. The summed E-state index contributed by atoms with van der Waals surface area (Å²) in [6.45, 7) is 5.23. The van der Waals surface area contributed by atoms with Crippen molar-refractivity contribution in [3.63, 3.8) is 0 Å². The van der Waals surface area contributed by atoms with Crippen molar-refractivity contribution in [1.82, 2.24) is 10.2 Å². The molecular formula is C18H27N3O3. The Labute approximate surface area is 143 Å². The Bertz CT molecular complexity index is 554. The zero-order valence-corrected chi connectivity index (χ0v) is 14.5. The predicted molar refractivity (Wildman–Crippen MR) is 94.1 cm³/mol. The van der Waals surface area contributed by atoms with E-state index in [9.17, 15) is 9.59 Å². The highest BCUT2D eigenvalue weighted by molar-refractivity contribution is 5.97. The van der Waals surface area contributed by atoms with Gasteiger partial charge in [-0.15, -0.1) is 0 Å². The van der Waals surface area contributed by atoms with Crippen LogP contribution >= 0.6 is 0 Å². The molecule has 1 aliphatic rings. The third-order valence-corrected chi connectivity index (χ3v) is 4.23. The van der Waals surface area contributed by atoms with E-state index < -0.39 is 0 Å². The van der Waals surface area contributed by atoms with E-state index in [2.05, 4.69) is 17.6 Å². The van der Waals surface area contributed by atoms with Crippen LogP contribution in [0.15, 0.2) is 24.3 Å². The van der Waals surface area contributed by atoms with Crippen LogP contribution in [0.4, 0.5) is 5.69 Å². The topological polar surface area (TPSA) is 70.7 Å². The van der Waals surface area contributed by atoms with Crippen molar-refractivity contribution in [2.75, 3.05) is 45.2 Å². The molecule has 1 aromatic rings. The first-order chi connectivity index (χ1) is 11.6. The summed E-state index contributed by atoms with van der Waals surface area (Å²) in [6.07, 6.45) is 2.10. The SMILES string of the molecule is COCCNCC(=O)Nc1cccc(C(=O)N2CCC(C)CC2)c1. The highest BCUT2D eigenvalue weighted by Gasteiger charge is 2.21. The summed E-state index contributed by atoms with van der Waals surface area (Å²) < 4.78 is 4.91. The number of ether oxygens (including phenoxy) is 1. The van der Waals surface area contributed by atoms with Crippen LogP contribution in [-0.2, 0) is 9.53 Å². The number of hydrogen-bond donors (Lipinski definition) is 2. The van der Waals surface area contributed by atoms with Crippen molar-refractivity contribution in [3.05, 3.63) is 29.8 Å². The number of carbonyl (C=O) groups is 2. The van der Waals surface area contributed by atoms with Crippen LogP contribution in [0.25, 0.3) is 0 Å². The van der Waals surface area contributed by atoms with Gasteiger partial charge in [0, 0.05) is 38.0 Å². The van der Waals surface area contributed by atoms with Crippen LogP contribution in [-0.4, -0.2) is 56.6 Å². The molecule has 0 saturated carbocycles. The van der Waals surface area contributed by atoms with E-state index in [0.29, 0.717) is 30.3 Å². The molecule has 0 atom stereocenters. The number of rotatable bonds is 7. The van der Waals surface area contributed by atoms with Crippen molar-refractivity contribution in [3.8, 4) is 0 Å². The number of benzene rings is 1. The van der Waals surface area contributed by atoms with Gasteiger partial charge in [-0.05, 0) is 37.0 Å². The van der Waals surface area contributed by atoms with Gasteiger partial charge in [0.1, 0.15) is 0 Å². The van der Waals surface area contributed by atoms with Gasteiger partial charge in [0.15, 0.2) is 0 Å². The van der Waals surface area contributed by atoms with Gasteiger partial charge in [-0.1, -0.05) is 13.0 Å². The molecule has 1 heterocycles. The Hall–Kier alpha value is -1.92. The molecule has 0 aliphatic carbocycles. The van der Waals surface area contributed by atoms with Crippen LogP contribution in [0.5, 0.6) is 0 Å². The molecule has 6 nitrogen and oxygen atoms in total. The first-order valence-electron chi connectivity index (χ1n) is 8.49. The van der Waals surface area contributed by atoms with Crippen LogP contribution < -0.4 is 10.6 Å². The second-order valence-electron chi connectivity index (χ2n) is 6.27. The zero-order valence-electron chi connectivity index (χ0n) is 14.5. The summed E-state index contributed by atoms with van der Waals surface area (Å²) in [5, 5.41) is 5.80. The summed E-state index contributed by atoms with van der Waals surface area (Å²) in [5.74, 6) is 0.587.